The quantitative estimate of drug-likeness (QED) is 0.856. The Bertz CT molecular complexity index is 601. The lowest BCUT2D eigenvalue weighted by Gasteiger charge is -2.18. The van der Waals surface area contributed by atoms with E-state index in [1.807, 2.05) is 32.0 Å². The summed E-state index contributed by atoms with van der Waals surface area (Å²) in [6, 6.07) is 9.21. The van der Waals surface area contributed by atoms with Crippen molar-refractivity contribution in [1.29, 1.82) is 0 Å². The molecule has 2 aromatic carbocycles. The van der Waals surface area contributed by atoms with E-state index < -0.39 is 0 Å². The molecule has 0 aliphatic rings. The maximum atomic E-state index is 13.2. The minimum atomic E-state index is -0.371. The second-order valence-electron chi connectivity index (χ2n) is 4.53. The number of rotatable bonds is 3. The second-order valence-corrected chi connectivity index (χ2v) is 4.96. The zero-order valence-corrected chi connectivity index (χ0v) is 11.5. The standard InChI is InChI=1S/C15H15ClFNO/c1-9-3-4-11(16)7-14(9)18-10(2)13-8-12(17)5-6-15(13)19/h3-8,10,18-19H,1-2H3. The summed E-state index contributed by atoms with van der Waals surface area (Å²) in [5, 5.41) is 13.6. The average Bonchev–Trinajstić information content (AvgIpc) is 2.36. The van der Waals surface area contributed by atoms with Crippen LogP contribution >= 0.6 is 11.6 Å². The van der Waals surface area contributed by atoms with Crippen LogP contribution in [0.4, 0.5) is 10.1 Å². The van der Waals surface area contributed by atoms with E-state index in [1.54, 1.807) is 0 Å². The van der Waals surface area contributed by atoms with E-state index in [2.05, 4.69) is 5.32 Å². The van der Waals surface area contributed by atoms with Gasteiger partial charge in [0, 0.05) is 16.3 Å². The number of phenolic OH excluding ortho intramolecular Hbond substituents is 1. The molecule has 0 amide bonds. The summed E-state index contributed by atoms with van der Waals surface area (Å²) in [5.41, 5.74) is 2.41. The van der Waals surface area contributed by atoms with E-state index in [4.69, 9.17) is 11.6 Å². The SMILES string of the molecule is Cc1ccc(Cl)cc1NC(C)c1cc(F)ccc1O. The van der Waals surface area contributed by atoms with Crippen molar-refractivity contribution >= 4 is 17.3 Å². The lowest BCUT2D eigenvalue weighted by molar-refractivity contribution is 0.462. The van der Waals surface area contributed by atoms with E-state index in [1.165, 1.54) is 18.2 Å². The van der Waals surface area contributed by atoms with Gasteiger partial charge < -0.3 is 10.4 Å². The van der Waals surface area contributed by atoms with Crippen LogP contribution in [0.1, 0.15) is 24.1 Å². The number of aromatic hydroxyl groups is 1. The maximum Gasteiger partial charge on any atom is 0.123 e. The minimum Gasteiger partial charge on any atom is -0.508 e. The molecule has 1 unspecified atom stereocenters. The van der Waals surface area contributed by atoms with Crippen LogP contribution in [0.2, 0.25) is 5.02 Å². The number of hydrogen-bond donors (Lipinski definition) is 2. The molecular formula is C15H15ClFNO. The van der Waals surface area contributed by atoms with Crippen molar-refractivity contribution in [2.75, 3.05) is 5.32 Å². The monoisotopic (exact) mass is 279 g/mol. The summed E-state index contributed by atoms with van der Waals surface area (Å²) >= 11 is 5.95. The summed E-state index contributed by atoms with van der Waals surface area (Å²) in [7, 11) is 0. The van der Waals surface area contributed by atoms with Crippen LogP contribution in [0.5, 0.6) is 5.75 Å². The molecule has 19 heavy (non-hydrogen) atoms. The van der Waals surface area contributed by atoms with Gasteiger partial charge in [-0.1, -0.05) is 17.7 Å². The van der Waals surface area contributed by atoms with Crippen LogP contribution in [0.3, 0.4) is 0 Å². The molecule has 1 atom stereocenters. The molecule has 0 spiro atoms. The summed E-state index contributed by atoms with van der Waals surface area (Å²) in [5.74, 6) is -0.301. The Morgan fingerprint density at radius 1 is 1.21 bits per heavy atom. The van der Waals surface area contributed by atoms with Gasteiger partial charge >= 0.3 is 0 Å². The number of anilines is 1. The molecule has 0 saturated heterocycles. The Morgan fingerprint density at radius 3 is 2.68 bits per heavy atom. The van der Waals surface area contributed by atoms with Crippen molar-refractivity contribution in [2.45, 2.75) is 19.9 Å². The van der Waals surface area contributed by atoms with E-state index in [0.717, 1.165) is 11.3 Å². The topological polar surface area (TPSA) is 32.3 Å². The fourth-order valence-electron chi connectivity index (χ4n) is 1.93. The molecule has 2 aromatic rings. The van der Waals surface area contributed by atoms with E-state index in [9.17, 15) is 9.50 Å². The Morgan fingerprint density at radius 2 is 1.95 bits per heavy atom. The number of phenols is 1. The zero-order valence-electron chi connectivity index (χ0n) is 10.7. The number of halogens is 2. The number of hydrogen-bond acceptors (Lipinski definition) is 2. The number of aryl methyl sites for hydroxylation is 1. The highest BCUT2D eigenvalue weighted by Gasteiger charge is 2.12. The van der Waals surface area contributed by atoms with Gasteiger partial charge in [-0.15, -0.1) is 0 Å². The first-order valence-electron chi connectivity index (χ1n) is 5.98. The molecule has 0 aliphatic carbocycles. The van der Waals surface area contributed by atoms with E-state index in [0.29, 0.717) is 10.6 Å². The van der Waals surface area contributed by atoms with Gasteiger partial charge in [-0.25, -0.2) is 4.39 Å². The van der Waals surface area contributed by atoms with Gasteiger partial charge in [0.25, 0.3) is 0 Å². The normalized spacial score (nSPS) is 12.2. The molecule has 2 nitrogen and oxygen atoms in total. The molecular weight excluding hydrogens is 265 g/mol. The molecule has 0 aliphatic heterocycles. The molecule has 0 radical (unpaired) electrons. The van der Waals surface area contributed by atoms with Crippen molar-refractivity contribution in [1.82, 2.24) is 0 Å². The average molecular weight is 280 g/mol. The molecule has 100 valence electrons. The molecule has 2 N–H and O–H groups in total. The lowest BCUT2D eigenvalue weighted by atomic mass is 10.1. The Hall–Kier alpha value is -1.74. The number of benzene rings is 2. The molecule has 0 saturated carbocycles. The van der Waals surface area contributed by atoms with Crippen LogP contribution in [0.25, 0.3) is 0 Å². The molecule has 4 heteroatoms. The predicted molar refractivity (Wildman–Crippen MR) is 76.3 cm³/mol. The Kier molecular flexibility index (Phi) is 3.96. The second kappa shape index (κ2) is 5.49. The first-order valence-corrected chi connectivity index (χ1v) is 6.36. The third kappa shape index (κ3) is 3.18. The molecule has 0 heterocycles. The minimum absolute atomic E-state index is 0.0704. The van der Waals surface area contributed by atoms with E-state index in [-0.39, 0.29) is 17.6 Å². The van der Waals surface area contributed by atoms with E-state index >= 15 is 0 Å². The van der Waals surface area contributed by atoms with Crippen LogP contribution in [-0.2, 0) is 0 Å². The first kappa shape index (κ1) is 13.7. The highest BCUT2D eigenvalue weighted by molar-refractivity contribution is 6.30. The number of nitrogens with one attached hydrogen (secondary N) is 1. The van der Waals surface area contributed by atoms with Gasteiger partial charge in [-0.05, 0) is 49.7 Å². The Labute approximate surface area is 116 Å². The van der Waals surface area contributed by atoms with Gasteiger partial charge in [0.2, 0.25) is 0 Å². The lowest BCUT2D eigenvalue weighted by Crippen LogP contribution is -2.08. The molecule has 0 fully saturated rings. The van der Waals surface area contributed by atoms with Crippen molar-refractivity contribution in [3.8, 4) is 5.75 Å². The summed E-state index contributed by atoms with van der Waals surface area (Å²) in [6.07, 6.45) is 0. The molecule has 0 bridgehead atoms. The summed E-state index contributed by atoms with van der Waals surface area (Å²) in [6.45, 7) is 3.81. The third-order valence-electron chi connectivity index (χ3n) is 3.03. The highest BCUT2D eigenvalue weighted by Crippen LogP contribution is 2.29. The van der Waals surface area contributed by atoms with Gasteiger partial charge in [-0.3, -0.25) is 0 Å². The van der Waals surface area contributed by atoms with Crippen LogP contribution in [-0.4, -0.2) is 5.11 Å². The fourth-order valence-corrected chi connectivity index (χ4v) is 2.11. The van der Waals surface area contributed by atoms with Gasteiger partial charge in [0.1, 0.15) is 11.6 Å². The van der Waals surface area contributed by atoms with Crippen LogP contribution < -0.4 is 5.32 Å². The third-order valence-corrected chi connectivity index (χ3v) is 3.26. The highest BCUT2D eigenvalue weighted by atomic mass is 35.5. The van der Waals surface area contributed by atoms with Crippen LogP contribution in [0.15, 0.2) is 36.4 Å². The summed E-state index contributed by atoms with van der Waals surface area (Å²) in [4.78, 5) is 0. The maximum absolute atomic E-state index is 13.2. The predicted octanol–water partition coefficient (Wildman–Crippen LogP) is 4.67. The van der Waals surface area contributed by atoms with Gasteiger partial charge in [0.15, 0.2) is 0 Å². The van der Waals surface area contributed by atoms with Gasteiger partial charge in [-0.2, -0.15) is 0 Å². The Balaban J connectivity index is 2.27. The summed E-state index contributed by atoms with van der Waals surface area (Å²) < 4.78 is 13.2. The fraction of sp³-hybridized carbons (Fsp3) is 0.200. The van der Waals surface area contributed by atoms with Crippen LogP contribution in [0, 0.1) is 12.7 Å². The molecule has 2 rings (SSSR count). The smallest absolute Gasteiger partial charge is 0.123 e. The molecule has 0 aromatic heterocycles. The van der Waals surface area contributed by atoms with Gasteiger partial charge in [0.05, 0.1) is 6.04 Å². The zero-order chi connectivity index (χ0) is 14.0. The van der Waals surface area contributed by atoms with Crippen molar-refractivity contribution in [2.24, 2.45) is 0 Å². The first-order chi connectivity index (χ1) is 8.97. The van der Waals surface area contributed by atoms with Crippen molar-refractivity contribution in [3.63, 3.8) is 0 Å². The van der Waals surface area contributed by atoms with Crippen molar-refractivity contribution in [3.05, 3.63) is 58.4 Å². The largest absolute Gasteiger partial charge is 0.508 e. The van der Waals surface area contributed by atoms with Crippen molar-refractivity contribution < 1.29 is 9.50 Å².